The molecule has 0 spiro atoms. The Bertz CT molecular complexity index is 616. The Morgan fingerprint density at radius 1 is 1.19 bits per heavy atom. The second-order valence-corrected chi connectivity index (χ2v) is 7.28. The molecule has 2 atom stereocenters. The average molecular weight is 365 g/mol. The lowest BCUT2D eigenvalue weighted by Gasteiger charge is -2.21. The lowest BCUT2D eigenvalue weighted by molar-refractivity contribution is 0.397. The zero-order valence-corrected chi connectivity index (χ0v) is 15.6. The molecule has 7 heteroatoms. The van der Waals surface area contributed by atoms with Gasteiger partial charge in [0, 0.05) is 38.8 Å². The minimum atomic E-state index is -0.503. The smallest absolute Gasteiger partial charge is 0.191 e. The molecule has 0 saturated carbocycles. The van der Waals surface area contributed by atoms with Crippen molar-refractivity contribution in [3.8, 4) is 0 Å². The quantitative estimate of drug-likeness (QED) is 0.619. The molecule has 0 bridgehead atoms. The lowest BCUT2D eigenvalue weighted by atomic mass is 10.1. The van der Waals surface area contributed by atoms with Gasteiger partial charge < -0.3 is 20.4 Å². The molecule has 3 rings (SSSR count). The summed E-state index contributed by atoms with van der Waals surface area (Å²) in [6.07, 6.45) is 2.01. The van der Waals surface area contributed by atoms with Crippen LogP contribution in [0.15, 0.2) is 23.2 Å². The third-order valence-corrected chi connectivity index (χ3v) is 5.12. The molecule has 2 saturated heterocycles. The Balaban J connectivity index is 1.58. The Hall–Kier alpha value is -1.89. The molecular formula is C19H29F2N5. The summed E-state index contributed by atoms with van der Waals surface area (Å²) in [4.78, 5) is 8.83. The van der Waals surface area contributed by atoms with Crippen LogP contribution >= 0.6 is 0 Å². The van der Waals surface area contributed by atoms with Gasteiger partial charge in [-0.15, -0.1) is 0 Å². The molecule has 0 aromatic heterocycles. The number of guanidine groups is 1. The summed E-state index contributed by atoms with van der Waals surface area (Å²) >= 11 is 0. The number of nitrogens with one attached hydrogen (secondary N) is 2. The largest absolute Gasteiger partial charge is 0.365 e. The number of benzene rings is 1. The van der Waals surface area contributed by atoms with Crippen LogP contribution in [0, 0.1) is 17.6 Å². The van der Waals surface area contributed by atoms with Crippen molar-refractivity contribution in [3.05, 3.63) is 29.8 Å². The summed E-state index contributed by atoms with van der Waals surface area (Å²) in [5.41, 5.74) is 0.0766. The molecule has 2 unspecified atom stereocenters. The van der Waals surface area contributed by atoms with E-state index in [-0.39, 0.29) is 11.7 Å². The van der Waals surface area contributed by atoms with Gasteiger partial charge in [0.05, 0.1) is 0 Å². The van der Waals surface area contributed by atoms with E-state index in [9.17, 15) is 8.78 Å². The van der Waals surface area contributed by atoms with Gasteiger partial charge >= 0.3 is 0 Å². The normalized spacial score (nSPS) is 24.3. The van der Waals surface area contributed by atoms with E-state index in [1.807, 2.05) is 6.92 Å². The van der Waals surface area contributed by atoms with Crippen molar-refractivity contribution >= 4 is 11.6 Å². The first-order valence-electron chi connectivity index (χ1n) is 9.49. The van der Waals surface area contributed by atoms with Gasteiger partial charge in [-0.2, -0.15) is 0 Å². The first kappa shape index (κ1) is 18.9. The topological polar surface area (TPSA) is 42.9 Å². The number of para-hydroxylation sites is 1. The molecule has 0 amide bonds. The van der Waals surface area contributed by atoms with E-state index in [2.05, 4.69) is 22.6 Å². The molecule has 2 fully saturated rings. The van der Waals surface area contributed by atoms with Crippen LogP contribution in [0.2, 0.25) is 0 Å². The van der Waals surface area contributed by atoms with Gasteiger partial charge in [0.15, 0.2) is 5.96 Å². The van der Waals surface area contributed by atoms with E-state index >= 15 is 0 Å². The Morgan fingerprint density at radius 3 is 2.62 bits per heavy atom. The highest BCUT2D eigenvalue weighted by Gasteiger charge is 2.27. The van der Waals surface area contributed by atoms with Crippen LogP contribution in [-0.2, 0) is 0 Å². The summed E-state index contributed by atoms with van der Waals surface area (Å²) < 4.78 is 28.0. The maximum atomic E-state index is 14.0. The van der Waals surface area contributed by atoms with Crippen LogP contribution in [-0.4, -0.2) is 63.2 Å². The molecule has 2 aliphatic heterocycles. The molecule has 26 heavy (non-hydrogen) atoms. The fourth-order valence-electron chi connectivity index (χ4n) is 3.78. The van der Waals surface area contributed by atoms with E-state index < -0.39 is 11.6 Å². The lowest BCUT2D eigenvalue weighted by Crippen LogP contribution is -2.45. The summed E-state index contributed by atoms with van der Waals surface area (Å²) in [6.45, 7) is 7.04. The van der Waals surface area contributed by atoms with Crippen molar-refractivity contribution in [2.45, 2.75) is 25.8 Å². The monoisotopic (exact) mass is 365 g/mol. The molecule has 2 heterocycles. The van der Waals surface area contributed by atoms with Crippen LogP contribution in [0.1, 0.15) is 19.8 Å². The van der Waals surface area contributed by atoms with Crippen molar-refractivity contribution in [1.29, 1.82) is 0 Å². The van der Waals surface area contributed by atoms with Gasteiger partial charge in [-0.3, -0.25) is 4.99 Å². The van der Waals surface area contributed by atoms with E-state index in [1.165, 1.54) is 24.6 Å². The molecule has 144 valence electrons. The molecule has 1 aromatic rings. The third-order valence-electron chi connectivity index (χ3n) is 5.12. The summed E-state index contributed by atoms with van der Waals surface area (Å²) in [5.74, 6) is 0.388. The van der Waals surface area contributed by atoms with Gasteiger partial charge in [0.2, 0.25) is 0 Å². The number of hydrogen-bond donors (Lipinski definition) is 2. The summed E-state index contributed by atoms with van der Waals surface area (Å²) in [6, 6.07) is 4.14. The van der Waals surface area contributed by atoms with Gasteiger partial charge in [-0.25, -0.2) is 8.78 Å². The number of likely N-dealkylation sites (tertiary alicyclic amines) is 1. The third kappa shape index (κ3) is 4.63. The fraction of sp³-hybridized carbons (Fsp3) is 0.632. The number of hydrogen-bond acceptors (Lipinski definition) is 3. The predicted octanol–water partition coefficient (Wildman–Crippen LogP) is 2.05. The van der Waals surface area contributed by atoms with E-state index in [1.54, 1.807) is 4.90 Å². The first-order valence-corrected chi connectivity index (χ1v) is 9.49. The predicted molar refractivity (Wildman–Crippen MR) is 102 cm³/mol. The van der Waals surface area contributed by atoms with Crippen LogP contribution in [0.4, 0.5) is 14.5 Å². The molecule has 0 aliphatic carbocycles. The summed E-state index contributed by atoms with van der Waals surface area (Å²) in [7, 11) is 2.14. The van der Waals surface area contributed by atoms with Crippen molar-refractivity contribution < 1.29 is 8.78 Å². The highest BCUT2D eigenvalue weighted by molar-refractivity contribution is 5.80. The molecular weight excluding hydrogens is 336 g/mol. The number of nitrogens with zero attached hydrogens (tertiary/aromatic N) is 3. The van der Waals surface area contributed by atoms with Crippen LogP contribution < -0.4 is 15.5 Å². The molecule has 2 N–H and O–H groups in total. The molecule has 0 radical (unpaired) electrons. The van der Waals surface area contributed by atoms with E-state index in [0.717, 1.165) is 38.6 Å². The second kappa shape index (κ2) is 8.66. The van der Waals surface area contributed by atoms with Crippen LogP contribution in [0.25, 0.3) is 0 Å². The highest BCUT2D eigenvalue weighted by Crippen LogP contribution is 2.26. The first-order chi connectivity index (χ1) is 12.6. The highest BCUT2D eigenvalue weighted by atomic mass is 19.1. The maximum absolute atomic E-state index is 14.0. The number of anilines is 1. The molecule has 2 aliphatic rings. The van der Waals surface area contributed by atoms with E-state index in [0.29, 0.717) is 19.0 Å². The maximum Gasteiger partial charge on any atom is 0.191 e. The average Bonchev–Trinajstić information content (AvgIpc) is 3.22. The SMILES string of the molecule is CCNC(=NCC1CCN(C)C1)NC1CCN(c2c(F)cccc2F)C1. The van der Waals surface area contributed by atoms with E-state index in [4.69, 9.17) is 4.99 Å². The zero-order chi connectivity index (χ0) is 18.5. The van der Waals surface area contributed by atoms with Crippen LogP contribution in [0.3, 0.4) is 0 Å². The minimum Gasteiger partial charge on any atom is -0.365 e. The van der Waals surface area contributed by atoms with Crippen molar-refractivity contribution in [2.24, 2.45) is 10.9 Å². The van der Waals surface area contributed by atoms with Gasteiger partial charge in [0.25, 0.3) is 0 Å². The van der Waals surface area contributed by atoms with Crippen molar-refractivity contribution in [2.75, 3.05) is 51.2 Å². The van der Waals surface area contributed by atoms with Gasteiger partial charge in [0.1, 0.15) is 17.3 Å². The molecule has 5 nitrogen and oxygen atoms in total. The Morgan fingerprint density at radius 2 is 1.96 bits per heavy atom. The number of rotatable bonds is 5. The Kier molecular flexibility index (Phi) is 6.29. The Labute approximate surface area is 154 Å². The van der Waals surface area contributed by atoms with Gasteiger partial charge in [-0.05, 0) is 51.4 Å². The standard InChI is InChI=1S/C19H29F2N5/c1-3-22-19(23-11-14-7-9-25(2)12-14)24-15-8-10-26(13-15)18-16(20)5-4-6-17(18)21/h4-6,14-15H,3,7-13H2,1-2H3,(H2,22,23,24). The van der Waals surface area contributed by atoms with Crippen molar-refractivity contribution in [1.82, 2.24) is 15.5 Å². The fourth-order valence-corrected chi connectivity index (χ4v) is 3.78. The minimum absolute atomic E-state index is 0.0766. The second-order valence-electron chi connectivity index (χ2n) is 7.28. The van der Waals surface area contributed by atoms with Crippen molar-refractivity contribution in [3.63, 3.8) is 0 Å². The van der Waals surface area contributed by atoms with Crippen LogP contribution in [0.5, 0.6) is 0 Å². The van der Waals surface area contributed by atoms with Gasteiger partial charge in [-0.1, -0.05) is 6.07 Å². The molecule has 1 aromatic carbocycles. The zero-order valence-electron chi connectivity index (χ0n) is 15.6. The summed E-state index contributed by atoms with van der Waals surface area (Å²) in [5, 5.41) is 6.71. The number of aliphatic imine (C=N–C) groups is 1. The number of halogens is 2.